The number of rotatable bonds is 6. The predicted molar refractivity (Wildman–Crippen MR) is 123 cm³/mol. The van der Waals surface area contributed by atoms with E-state index < -0.39 is 0 Å². The lowest BCUT2D eigenvalue weighted by molar-refractivity contribution is 0.288. The number of benzene rings is 1. The number of imidazole rings is 1. The van der Waals surface area contributed by atoms with Crippen LogP contribution >= 0.6 is 12.1 Å². The Bertz CT molecular complexity index is 969. The maximum absolute atomic E-state index is 5.67. The lowest BCUT2D eigenvalue weighted by Gasteiger charge is -2.27. The van der Waals surface area contributed by atoms with Crippen LogP contribution in [0.15, 0.2) is 24.7 Å². The summed E-state index contributed by atoms with van der Waals surface area (Å²) in [4.78, 5) is 11.7. The summed E-state index contributed by atoms with van der Waals surface area (Å²) in [5, 5.41) is 6.62. The van der Waals surface area contributed by atoms with Crippen molar-refractivity contribution in [1.82, 2.24) is 19.3 Å². The summed E-state index contributed by atoms with van der Waals surface area (Å²) in [6, 6.07) is 4.56. The molecular formula is C22H31N5O2S. The Morgan fingerprint density at radius 2 is 1.80 bits per heavy atom. The van der Waals surface area contributed by atoms with Crippen molar-refractivity contribution in [1.29, 1.82) is 0 Å². The first-order chi connectivity index (χ1) is 14.7. The van der Waals surface area contributed by atoms with Crippen LogP contribution in [0.4, 0.5) is 0 Å². The molecule has 5 rings (SSSR count). The minimum atomic E-state index is 0.669. The molecule has 162 valence electrons. The third-order valence-electron chi connectivity index (χ3n) is 6.01. The number of ether oxygens (including phenoxy) is 2. The highest BCUT2D eigenvalue weighted by molar-refractivity contribution is 7.94. The molecule has 2 saturated carbocycles. The van der Waals surface area contributed by atoms with Gasteiger partial charge in [-0.25, -0.2) is 9.29 Å². The first-order valence-corrected chi connectivity index (χ1v) is 11.5. The molecule has 2 aromatic heterocycles. The Labute approximate surface area is 182 Å². The molecule has 0 spiro atoms. The molecule has 7 nitrogen and oxygen atoms in total. The van der Waals surface area contributed by atoms with Gasteiger partial charge in [-0.2, -0.15) is 0 Å². The summed E-state index contributed by atoms with van der Waals surface area (Å²) < 4.78 is 12.9. The van der Waals surface area contributed by atoms with E-state index in [2.05, 4.69) is 19.3 Å². The molecule has 0 amide bonds. The number of aromatic amines is 1. The van der Waals surface area contributed by atoms with E-state index in [9.17, 15) is 0 Å². The van der Waals surface area contributed by atoms with Gasteiger partial charge in [0.25, 0.3) is 0 Å². The fourth-order valence-corrected chi connectivity index (χ4v) is 4.86. The van der Waals surface area contributed by atoms with Gasteiger partial charge in [0.1, 0.15) is 0 Å². The molecule has 3 N–H and O–H groups in total. The fraction of sp³-hybridized carbons (Fsp3) is 0.545. The van der Waals surface area contributed by atoms with E-state index in [1.807, 2.05) is 12.1 Å². The van der Waals surface area contributed by atoms with Gasteiger partial charge in [-0.1, -0.05) is 19.3 Å². The van der Waals surface area contributed by atoms with Gasteiger partial charge in [-0.3, -0.25) is 10.1 Å². The number of pyridine rings is 1. The van der Waals surface area contributed by atoms with E-state index in [0.29, 0.717) is 11.5 Å². The average molecular weight is 430 g/mol. The number of nitrogens with two attached hydrogens (primary N) is 1. The van der Waals surface area contributed by atoms with Gasteiger partial charge in [-0.15, -0.1) is 0 Å². The number of fused-ring (bicyclic) bond motifs is 3. The van der Waals surface area contributed by atoms with Crippen molar-refractivity contribution >= 4 is 34.1 Å². The summed E-state index contributed by atoms with van der Waals surface area (Å²) in [5.41, 5.74) is 2.63. The van der Waals surface area contributed by atoms with Crippen LogP contribution in [0.25, 0.3) is 21.9 Å². The van der Waals surface area contributed by atoms with E-state index >= 15 is 0 Å². The van der Waals surface area contributed by atoms with Crippen LogP contribution in [0.3, 0.4) is 0 Å². The predicted octanol–water partition coefficient (Wildman–Crippen LogP) is 4.68. The third-order valence-corrected chi connectivity index (χ3v) is 6.73. The van der Waals surface area contributed by atoms with E-state index in [0.717, 1.165) is 33.9 Å². The van der Waals surface area contributed by atoms with Crippen molar-refractivity contribution in [3.8, 4) is 11.5 Å². The van der Waals surface area contributed by atoms with Crippen LogP contribution in [-0.4, -0.2) is 46.1 Å². The highest BCUT2D eigenvalue weighted by Crippen LogP contribution is 2.34. The molecule has 0 radical (unpaired) electrons. The summed E-state index contributed by atoms with van der Waals surface area (Å²) in [6.07, 6.45) is 13.4. The first kappa shape index (κ1) is 21.2. The Balaban J connectivity index is 0.000000151. The molecule has 0 bridgehead atoms. The third kappa shape index (κ3) is 4.82. The second kappa shape index (κ2) is 9.85. The molecule has 0 aliphatic heterocycles. The van der Waals surface area contributed by atoms with E-state index in [1.54, 1.807) is 26.7 Å². The van der Waals surface area contributed by atoms with Crippen LogP contribution in [0.5, 0.6) is 11.5 Å². The zero-order chi connectivity index (χ0) is 20.9. The van der Waals surface area contributed by atoms with Crippen LogP contribution in [0.1, 0.15) is 44.9 Å². The first-order valence-electron chi connectivity index (χ1n) is 10.7. The van der Waals surface area contributed by atoms with Crippen LogP contribution in [0.2, 0.25) is 0 Å². The van der Waals surface area contributed by atoms with Crippen LogP contribution in [-0.2, 0) is 0 Å². The molecule has 2 fully saturated rings. The summed E-state index contributed by atoms with van der Waals surface area (Å²) >= 11 is 1.47. The zero-order valence-electron chi connectivity index (χ0n) is 17.8. The van der Waals surface area contributed by atoms with Gasteiger partial charge in [0.15, 0.2) is 11.5 Å². The number of hydrogen-bond donors (Lipinski definition) is 2. The summed E-state index contributed by atoms with van der Waals surface area (Å²) in [5.74, 6) is 2.28. The smallest absolute Gasteiger partial charge is 0.162 e. The van der Waals surface area contributed by atoms with Gasteiger partial charge in [0, 0.05) is 36.2 Å². The van der Waals surface area contributed by atoms with Crippen molar-refractivity contribution < 1.29 is 9.47 Å². The molecule has 2 heterocycles. The monoisotopic (exact) mass is 429 g/mol. The van der Waals surface area contributed by atoms with Gasteiger partial charge in [-0.05, 0) is 37.7 Å². The van der Waals surface area contributed by atoms with Crippen LogP contribution in [0, 0.1) is 5.92 Å². The Hall–Kier alpha value is -2.03. The Kier molecular flexibility index (Phi) is 6.97. The van der Waals surface area contributed by atoms with Gasteiger partial charge < -0.3 is 14.5 Å². The minimum Gasteiger partial charge on any atom is -0.493 e. The zero-order valence-corrected chi connectivity index (χ0v) is 18.6. The van der Waals surface area contributed by atoms with Gasteiger partial charge in [0.2, 0.25) is 0 Å². The van der Waals surface area contributed by atoms with Crippen molar-refractivity contribution in [3.63, 3.8) is 0 Å². The molecule has 8 heteroatoms. The van der Waals surface area contributed by atoms with Crippen LogP contribution < -0.4 is 14.6 Å². The van der Waals surface area contributed by atoms with E-state index in [-0.39, 0.29) is 0 Å². The molecule has 0 atom stereocenters. The highest BCUT2D eigenvalue weighted by atomic mass is 32.2. The lowest BCUT2D eigenvalue weighted by atomic mass is 9.89. The Morgan fingerprint density at radius 3 is 2.47 bits per heavy atom. The number of aromatic nitrogens is 3. The molecular weight excluding hydrogens is 398 g/mol. The largest absolute Gasteiger partial charge is 0.493 e. The summed E-state index contributed by atoms with van der Waals surface area (Å²) in [7, 11) is 3.22. The van der Waals surface area contributed by atoms with Crippen molar-refractivity contribution in [2.75, 3.05) is 20.8 Å². The minimum absolute atomic E-state index is 0.669. The average Bonchev–Trinajstić information content (AvgIpc) is 3.53. The maximum atomic E-state index is 5.67. The maximum Gasteiger partial charge on any atom is 0.162 e. The molecule has 0 unspecified atom stereocenters. The topological polar surface area (TPSA) is 89.3 Å². The summed E-state index contributed by atoms with van der Waals surface area (Å²) in [6.45, 7) is 1.24. The second-order valence-electron chi connectivity index (χ2n) is 8.09. The highest BCUT2D eigenvalue weighted by Gasteiger charge is 2.30. The quantitative estimate of drug-likeness (QED) is 0.550. The number of nitrogens with zero attached hydrogens (tertiary/aromatic N) is 3. The van der Waals surface area contributed by atoms with Crippen molar-refractivity contribution in [2.45, 2.75) is 51.0 Å². The van der Waals surface area contributed by atoms with Crippen molar-refractivity contribution in [3.05, 3.63) is 24.7 Å². The molecule has 30 heavy (non-hydrogen) atoms. The van der Waals surface area contributed by atoms with E-state index in [4.69, 9.17) is 14.6 Å². The normalized spacial score (nSPS) is 17.2. The van der Waals surface area contributed by atoms with Crippen molar-refractivity contribution in [2.24, 2.45) is 11.1 Å². The molecule has 0 saturated heterocycles. The SMILES string of the molecule is COc1cc2ncc3[nH]cnc3c2cc1OC.NSN(CC1CCCCC1)C1CC1. The number of nitrogens with one attached hydrogen (secondary N) is 1. The van der Waals surface area contributed by atoms with E-state index in [1.165, 1.54) is 63.6 Å². The number of hydrogen-bond acceptors (Lipinski definition) is 7. The van der Waals surface area contributed by atoms with Gasteiger partial charge in [0.05, 0.1) is 43.3 Å². The number of H-pyrrole nitrogens is 1. The lowest BCUT2D eigenvalue weighted by Crippen LogP contribution is -2.28. The second-order valence-corrected chi connectivity index (χ2v) is 8.77. The Morgan fingerprint density at radius 1 is 1.07 bits per heavy atom. The molecule has 2 aliphatic carbocycles. The molecule has 2 aliphatic rings. The fourth-order valence-electron chi connectivity index (χ4n) is 4.18. The molecule has 3 aromatic rings. The molecule has 1 aromatic carbocycles. The number of methoxy groups -OCH3 is 2. The van der Waals surface area contributed by atoms with Gasteiger partial charge >= 0.3 is 0 Å². The standard InChI is InChI=1S/C12H11N3O2.C10H20N2S/c1-16-10-3-7-8(4-11(10)17-2)13-5-9-12(7)15-6-14-9;11-13-12(10-6-7-10)8-9-4-2-1-3-5-9/h3-6H,1-2H3,(H,14,15);9-10H,1-8,11H2.